The van der Waals surface area contributed by atoms with E-state index in [9.17, 15) is 13.2 Å². The lowest BCUT2D eigenvalue weighted by atomic mass is 9.97. The topological polar surface area (TPSA) is 84.9 Å². The molecule has 0 spiro atoms. The number of benzene rings is 3. The van der Waals surface area contributed by atoms with Crippen molar-refractivity contribution in [1.29, 1.82) is 0 Å². The largest absolute Gasteiger partial charge is 0.493 e. The molecule has 3 aromatic carbocycles. The molecule has 0 aromatic heterocycles. The summed E-state index contributed by atoms with van der Waals surface area (Å²) in [4.78, 5) is 13.0. The van der Waals surface area contributed by atoms with E-state index < -0.39 is 10.0 Å². The molecule has 180 valence electrons. The number of nitrogens with zero attached hydrogens (tertiary/aromatic N) is 1. The molecule has 3 aromatic rings. The Hall–Kier alpha value is -3.10. The molecule has 0 aliphatic carbocycles. The van der Waals surface area contributed by atoms with E-state index in [4.69, 9.17) is 9.47 Å². The van der Waals surface area contributed by atoms with Crippen LogP contribution < -0.4 is 14.8 Å². The monoisotopic (exact) mass is 482 g/mol. The predicted octanol–water partition coefficient (Wildman–Crippen LogP) is 3.62. The van der Waals surface area contributed by atoms with Crippen molar-refractivity contribution < 1.29 is 22.7 Å². The minimum atomic E-state index is -3.59. The molecular formula is C26H30N2O5S. The van der Waals surface area contributed by atoms with Crippen molar-refractivity contribution in [3.63, 3.8) is 0 Å². The number of hydrogen-bond donors (Lipinski definition) is 1. The number of carbonyl (C=O) groups excluding carboxylic acids is 1. The second-order valence-corrected chi connectivity index (χ2v) is 10.4. The molecule has 1 N–H and O–H groups in total. The highest BCUT2D eigenvalue weighted by Crippen LogP contribution is 2.28. The SMILES string of the molecule is COc1ccc(CCNC(=O)C2CCN(S(=O)(=O)c3ccc4ccccc4c3)CC2)cc1OC. The number of hydrogen-bond acceptors (Lipinski definition) is 5. The van der Waals surface area contributed by atoms with Gasteiger partial charge in [-0.15, -0.1) is 0 Å². The van der Waals surface area contributed by atoms with Crippen molar-refractivity contribution in [1.82, 2.24) is 9.62 Å². The van der Waals surface area contributed by atoms with Crippen LogP contribution in [-0.2, 0) is 21.2 Å². The third kappa shape index (κ3) is 5.18. The normalized spacial score (nSPS) is 15.2. The summed E-state index contributed by atoms with van der Waals surface area (Å²) in [6, 6.07) is 18.6. The Morgan fingerprint density at radius 1 is 0.941 bits per heavy atom. The number of piperidine rings is 1. The van der Waals surface area contributed by atoms with Crippen LogP contribution in [0.15, 0.2) is 65.6 Å². The van der Waals surface area contributed by atoms with Gasteiger partial charge in [-0.1, -0.05) is 36.4 Å². The van der Waals surface area contributed by atoms with Crippen LogP contribution in [-0.4, -0.2) is 52.5 Å². The molecule has 1 heterocycles. The fourth-order valence-electron chi connectivity index (χ4n) is 4.35. The van der Waals surface area contributed by atoms with Gasteiger partial charge in [-0.05, 0) is 59.9 Å². The lowest BCUT2D eigenvalue weighted by Gasteiger charge is -2.30. The van der Waals surface area contributed by atoms with Gasteiger partial charge in [-0.2, -0.15) is 4.31 Å². The average molecular weight is 483 g/mol. The van der Waals surface area contributed by atoms with Crippen molar-refractivity contribution in [3.05, 3.63) is 66.2 Å². The van der Waals surface area contributed by atoms with Gasteiger partial charge in [0.15, 0.2) is 11.5 Å². The molecule has 0 unspecified atom stereocenters. The first-order valence-electron chi connectivity index (χ1n) is 11.4. The van der Waals surface area contributed by atoms with Crippen molar-refractivity contribution in [2.24, 2.45) is 5.92 Å². The van der Waals surface area contributed by atoms with E-state index in [-0.39, 0.29) is 11.8 Å². The molecule has 1 amide bonds. The minimum Gasteiger partial charge on any atom is -0.493 e. The standard InChI is InChI=1S/C26H30N2O5S/c1-32-24-10-7-19(17-25(24)33-2)11-14-27-26(29)21-12-15-28(16-13-21)34(30,31)23-9-8-20-5-3-4-6-22(20)18-23/h3-10,17-18,21H,11-16H2,1-2H3,(H,27,29). The van der Waals surface area contributed by atoms with Crippen LogP contribution in [0, 0.1) is 5.92 Å². The predicted molar refractivity (Wildman–Crippen MR) is 132 cm³/mol. The molecule has 0 bridgehead atoms. The summed E-state index contributed by atoms with van der Waals surface area (Å²) in [7, 11) is -0.402. The maximum absolute atomic E-state index is 13.1. The Morgan fingerprint density at radius 2 is 1.65 bits per heavy atom. The van der Waals surface area contributed by atoms with Gasteiger partial charge in [0.2, 0.25) is 15.9 Å². The Labute approximate surface area is 200 Å². The Morgan fingerprint density at radius 3 is 2.35 bits per heavy atom. The summed E-state index contributed by atoms with van der Waals surface area (Å²) in [6.07, 6.45) is 1.69. The second kappa shape index (κ2) is 10.4. The summed E-state index contributed by atoms with van der Waals surface area (Å²) >= 11 is 0. The van der Waals surface area contributed by atoms with Crippen LogP contribution in [0.25, 0.3) is 10.8 Å². The van der Waals surface area contributed by atoms with Gasteiger partial charge >= 0.3 is 0 Å². The van der Waals surface area contributed by atoms with E-state index in [0.29, 0.717) is 55.3 Å². The number of methoxy groups -OCH3 is 2. The van der Waals surface area contributed by atoms with Crippen molar-refractivity contribution in [3.8, 4) is 11.5 Å². The van der Waals surface area contributed by atoms with E-state index in [2.05, 4.69) is 5.32 Å². The summed E-state index contributed by atoms with van der Waals surface area (Å²) in [5, 5.41) is 4.89. The third-order valence-electron chi connectivity index (χ3n) is 6.34. The quantitative estimate of drug-likeness (QED) is 0.530. The van der Waals surface area contributed by atoms with Gasteiger partial charge < -0.3 is 14.8 Å². The summed E-state index contributed by atoms with van der Waals surface area (Å²) in [5.74, 6) is 1.11. The van der Waals surface area contributed by atoms with Crippen LogP contribution in [0.4, 0.5) is 0 Å². The highest BCUT2D eigenvalue weighted by Gasteiger charge is 2.32. The third-order valence-corrected chi connectivity index (χ3v) is 8.24. The number of carbonyl (C=O) groups is 1. The molecule has 34 heavy (non-hydrogen) atoms. The number of fused-ring (bicyclic) bond motifs is 1. The van der Waals surface area contributed by atoms with Crippen molar-refractivity contribution in [2.45, 2.75) is 24.2 Å². The molecular weight excluding hydrogens is 452 g/mol. The zero-order chi connectivity index (χ0) is 24.1. The highest BCUT2D eigenvalue weighted by atomic mass is 32.2. The van der Waals surface area contributed by atoms with Gasteiger partial charge in [0.1, 0.15) is 0 Å². The first kappa shape index (κ1) is 24.0. The van der Waals surface area contributed by atoms with Crippen LogP contribution in [0.3, 0.4) is 0 Å². The fourth-order valence-corrected chi connectivity index (χ4v) is 5.85. The Bertz CT molecular complexity index is 1270. The Balaban J connectivity index is 1.30. The van der Waals surface area contributed by atoms with Crippen LogP contribution in [0.5, 0.6) is 11.5 Å². The number of nitrogens with one attached hydrogen (secondary N) is 1. The molecule has 0 radical (unpaired) electrons. The van der Waals surface area contributed by atoms with E-state index in [1.54, 1.807) is 26.4 Å². The van der Waals surface area contributed by atoms with E-state index >= 15 is 0 Å². The zero-order valence-electron chi connectivity index (χ0n) is 19.5. The van der Waals surface area contributed by atoms with Gasteiger partial charge in [0.05, 0.1) is 19.1 Å². The number of ether oxygens (including phenoxy) is 2. The van der Waals surface area contributed by atoms with E-state index in [1.165, 1.54) is 4.31 Å². The number of amides is 1. The maximum atomic E-state index is 13.1. The van der Waals surface area contributed by atoms with E-state index in [0.717, 1.165) is 16.3 Å². The van der Waals surface area contributed by atoms with Gasteiger partial charge in [0, 0.05) is 25.6 Å². The number of sulfonamides is 1. The molecule has 0 saturated carbocycles. The minimum absolute atomic E-state index is 0.0248. The molecule has 4 rings (SSSR count). The summed E-state index contributed by atoms with van der Waals surface area (Å²) in [6.45, 7) is 1.18. The first-order valence-corrected chi connectivity index (χ1v) is 12.8. The molecule has 1 saturated heterocycles. The maximum Gasteiger partial charge on any atom is 0.243 e. The van der Waals surface area contributed by atoms with Gasteiger partial charge in [0.25, 0.3) is 0 Å². The van der Waals surface area contributed by atoms with Gasteiger partial charge in [-0.3, -0.25) is 4.79 Å². The molecule has 7 nitrogen and oxygen atoms in total. The van der Waals surface area contributed by atoms with Crippen LogP contribution in [0.1, 0.15) is 18.4 Å². The van der Waals surface area contributed by atoms with E-state index in [1.807, 2.05) is 48.5 Å². The summed E-state index contributed by atoms with van der Waals surface area (Å²) < 4.78 is 38.3. The molecule has 1 aliphatic rings. The number of rotatable bonds is 8. The van der Waals surface area contributed by atoms with Crippen molar-refractivity contribution >= 4 is 26.7 Å². The van der Waals surface area contributed by atoms with Gasteiger partial charge in [-0.25, -0.2) is 8.42 Å². The smallest absolute Gasteiger partial charge is 0.243 e. The lowest BCUT2D eigenvalue weighted by molar-refractivity contribution is -0.126. The van der Waals surface area contributed by atoms with Crippen LogP contribution >= 0.6 is 0 Å². The van der Waals surface area contributed by atoms with Crippen molar-refractivity contribution in [2.75, 3.05) is 33.9 Å². The molecule has 1 fully saturated rings. The second-order valence-electron chi connectivity index (χ2n) is 8.42. The molecule has 0 atom stereocenters. The fraction of sp³-hybridized carbons (Fsp3) is 0.346. The highest BCUT2D eigenvalue weighted by molar-refractivity contribution is 7.89. The molecule has 8 heteroatoms. The Kier molecular flexibility index (Phi) is 7.38. The average Bonchev–Trinajstić information content (AvgIpc) is 2.88. The van der Waals surface area contributed by atoms with Crippen LogP contribution in [0.2, 0.25) is 0 Å². The summed E-state index contributed by atoms with van der Waals surface area (Å²) in [5.41, 5.74) is 1.04. The zero-order valence-corrected chi connectivity index (χ0v) is 20.3. The first-order chi connectivity index (χ1) is 16.4. The lowest BCUT2D eigenvalue weighted by Crippen LogP contribution is -2.43. The molecule has 1 aliphatic heterocycles.